The van der Waals surface area contributed by atoms with Gasteiger partial charge in [-0.2, -0.15) is 0 Å². The predicted octanol–water partition coefficient (Wildman–Crippen LogP) is 2.11. The fourth-order valence-electron chi connectivity index (χ4n) is 2.04. The zero-order valence-corrected chi connectivity index (χ0v) is 12.2. The number of aromatic hydroxyl groups is 1. The summed E-state index contributed by atoms with van der Waals surface area (Å²) in [5, 5.41) is 15.5. The van der Waals surface area contributed by atoms with Gasteiger partial charge in [0.2, 0.25) is 0 Å². The molecule has 0 aliphatic rings. The molecule has 0 aliphatic carbocycles. The summed E-state index contributed by atoms with van der Waals surface area (Å²) < 4.78 is 0. The molecule has 0 saturated heterocycles. The number of carbonyl (C=O) groups is 1. The smallest absolute Gasteiger partial charge is 0.257 e. The zero-order chi connectivity index (χ0) is 15.2. The van der Waals surface area contributed by atoms with E-state index < -0.39 is 0 Å². The van der Waals surface area contributed by atoms with Crippen molar-refractivity contribution in [1.29, 1.82) is 0 Å². The minimum atomic E-state index is -0.268. The van der Waals surface area contributed by atoms with Crippen molar-refractivity contribution in [1.82, 2.24) is 10.3 Å². The second-order valence-electron chi connectivity index (χ2n) is 4.79. The Balaban J connectivity index is 2.22. The van der Waals surface area contributed by atoms with Gasteiger partial charge in [0.1, 0.15) is 0 Å². The third kappa shape index (κ3) is 3.79. The zero-order valence-electron chi connectivity index (χ0n) is 12.2. The number of nitrogens with one attached hydrogen (secondary N) is 2. The molecule has 0 atom stereocenters. The van der Waals surface area contributed by atoms with E-state index >= 15 is 0 Å². The number of amides is 1. The molecule has 1 aromatic carbocycles. The van der Waals surface area contributed by atoms with E-state index in [2.05, 4.69) is 15.6 Å². The van der Waals surface area contributed by atoms with Gasteiger partial charge in [-0.25, -0.2) is 4.98 Å². The Labute approximate surface area is 124 Å². The largest absolute Gasteiger partial charge is 0.504 e. The molecule has 2 rings (SSSR count). The van der Waals surface area contributed by atoms with Gasteiger partial charge < -0.3 is 15.7 Å². The molecule has 0 fully saturated rings. The quantitative estimate of drug-likeness (QED) is 0.786. The Hall–Kier alpha value is -2.40. The molecule has 1 amide bonds. The number of aromatic nitrogens is 1. The molecular formula is C16H19N3O2. The Morgan fingerprint density at radius 3 is 2.76 bits per heavy atom. The number of hydrogen-bond acceptors (Lipinski definition) is 4. The molecular weight excluding hydrogens is 266 g/mol. The van der Waals surface area contributed by atoms with Crippen molar-refractivity contribution < 1.29 is 9.90 Å². The maximum Gasteiger partial charge on any atom is 0.257 e. The number of pyridine rings is 1. The van der Waals surface area contributed by atoms with Crippen molar-refractivity contribution in [3.8, 4) is 5.75 Å². The van der Waals surface area contributed by atoms with Gasteiger partial charge in [0.05, 0.1) is 0 Å². The van der Waals surface area contributed by atoms with Crippen LogP contribution in [0.25, 0.3) is 0 Å². The summed E-state index contributed by atoms with van der Waals surface area (Å²) in [7, 11) is 1.87. The van der Waals surface area contributed by atoms with Crippen LogP contribution in [-0.4, -0.2) is 29.6 Å². The molecule has 3 N–H and O–H groups in total. The average molecular weight is 285 g/mol. The first-order chi connectivity index (χ1) is 10.1. The van der Waals surface area contributed by atoms with E-state index in [9.17, 15) is 9.90 Å². The number of aryl methyl sites for hydroxylation is 1. The molecule has 0 radical (unpaired) electrons. The van der Waals surface area contributed by atoms with E-state index in [-0.39, 0.29) is 17.5 Å². The molecule has 2 aromatic rings. The summed E-state index contributed by atoms with van der Waals surface area (Å²) in [6.45, 7) is 2.59. The third-order valence-corrected chi connectivity index (χ3v) is 3.15. The topological polar surface area (TPSA) is 74.2 Å². The van der Waals surface area contributed by atoms with Gasteiger partial charge in [0.15, 0.2) is 11.6 Å². The lowest BCUT2D eigenvalue weighted by Crippen LogP contribution is -2.18. The summed E-state index contributed by atoms with van der Waals surface area (Å²) >= 11 is 0. The van der Waals surface area contributed by atoms with Crippen LogP contribution < -0.4 is 10.6 Å². The van der Waals surface area contributed by atoms with E-state index in [1.54, 1.807) is 19.1 Å². The number of carbonyl (C=O) groups excluding carboxylic acids is 1. The lowest BCUT2D eigenvalue weighted by atomic mass is 10.0. The van der Waals surface area contributed by atoms with Crippen LogP contribution in [0.5, 0.6) is 5.75 Å². The van der Waals surface area contributed by atoms with E-state index in [0.717, 1.165) is 24.2 Å². The molecule has 0 aliphatic heterocycles. The van der Waals surface area contributed by atoms with Crippen molar-refractivity contribution in [2.75, 3.05) is 18.9 Å². The molecule has 0 spiro atoms. The SMILES string of the molecule is CNCCc1ccccc1C(=O)Nc1nc(C)ccc1O. The molecule has 110 valence electrons. The van der Waals surface area contributed by atoms with E-state index in [0.29, 0.717) is 5.56 Å². The summed E-state index contributed by atoms with van der Waals surface area (Å²) in [6.07, 6.45) is 0.757. The fourth-order valence-corrected chi connectivity index (χ4v) is 2.04. The van der Waals surface area contributed by atoms with Gasteiger partial charge in [-0.1, -0.05) is 18.2 Å². The highest BCUT2D eigenvalue weighted by atomic mass is 16.3. The first-order valence-electron chi connectivity index (χ1n) is 6.82. The molecule has 0 unspecified atom stereocenters. The minimum absolute atomic E-state index is 0.0401. The number of likely N-dealkylation sites (N-methyl/N-ethyl adjacent to an activating group) is 1. The van der Waals surface area contributed by atoms with Crippen molar-refractivity contribution in [3.05, 3.63) is 53.2 Å². The van der Waals surface area contributed by atoms with Crippen molar-refractivity contribution in [3.63, 3.8) is 0 Å². The van der Waals surface area contributed by atoms with E-state index in [1.807, 2.05) is 25.2 Å². The van der Waals surface area contributed by atoms with E-state index in [1.165, 1.54) is 6.07 Å². The Morgan fingerprint density at radius 1 is 1.24 bits per heavy atom. The Kier molecular flexibility index (Phi) is 4.90. The lowest BCUT2D eigenvalue weighted by Gasteiger charge is -2.11. The van der Waals surface area contributed by atoms with Crippen LogP contribution in [0.3, 0.4) is 0 Å². The molecule has 0 bridgehead atoms. The third-order valence-electron chi connectivity index (χ3n) is 3.15. The average Bonchev–Trinajstić information content (AvgIpc) is 2.49. The van der Waals surface area contributed by atoms with Crippen LogP contribution in [0.2, 0.25) is 0 Å². The van der Waals surface area contributed by atoms with Crippen molar-refractivity contribution in [2.24, 2.45) is 0 Å². The fraction of sp³-hybridized carbons (Fsp3) is 0.250. The molecule has 5 heteroatoms. The molecule has 1 aromatic heterocycles. The van der Waals surface area contributed by atoms with E-state index in [4.69, 9.17) is 0 Å². The highest BCUT2D eigenvalue weighted by Gasteiger charge is 2.13. The Morgan fingerprint density at radius 2 is 2.00 bits per heavy atom. The number of nitrogens with zero attached hydrogens (tertiary/aromatic N) is 1. The highest BCUT2D eigenvalue weighted by molar-refractivity contribution is 6.05. The highest BCUT2D eigenvalue weighted by Crippen LogP contribution is 2.21. The predicted molar refractivity (Wildman–Crippen MR) is 82.7 cm³/mol. The number of rotatable bonds is 5. The summed E-state index contributed by atoms with van der Waals surface area (Å²) in [5.74, 6) is -0.125. The number of anilines is 1. The molecule has 5 nitrogen and oxygen atoms in total. The number of hydrogen-bond donors (Lipinski definition) is 3. The van der Waals surface area contributed by atoms with Crippen LogP contribution in [0.1, 0.15) is 21.6 Å². The van der Waals surface area contributed by atoms with Gasteiger partial charge in [-0.05, 0) is 50.7 Å². The monoisotopic (exact) mass is 285 g/mol. The maximum absolute atomic E-state index is 12.4. The van der Waals surface area contributed by atoms with Crippen molar-refractivity contribution >= 4 is 11.7 Å². The van der Waals surface area contributed by atoms with Crippen LogP contribution in [0.15, 0.2) is 36.4 Å². The van der Waals surface area contributed by atoms with Crippen LogP contribution in [0.4, 0.5) is 5.82 Å². The number of benzene rings is 1. The molecule has 21 heavy (non-hydrogen) atoms. The summed E-state index contributed by atoms with van der Waals surface area (Å²) in [5.41, 5.74) is 2.28. The summed E-state index contributed by atoms with van der Waals surface area (Å²) in [6, 6.07) is 10.6. The lowest BCUT2D eigenvalue weighted by molar-refractivity contribution is 0.102. The van der Waals surface area contributed by atoms with Crippen LogP contribution >= 0.6 is 0 Å². The minimum Gasteiger partial charge on any atom is -0.504 e. The first-order valence-corrected chi connectivity index (χ1v) is 6.82. The van der Waals surface area contributed by atoms with Crippen LogP contribution in [0, 0.1) is 6.92 Å². The van der Waals surface area contributed by atoms with Gasteiger partial charge in [-0.3, -0.25) is 4.79 Å². The summed E-state index contributed by atoms with van der Waals surface area (Å²) in [4.78, 5) is 16.5. The van der Waals surface area contributed by atoms with Crippen LogP contribution in [-0.2, 0) is 6.42 Å². The molecule has 0 saturated carbocycles. The maximum atomic E-state index is 12.4. The van der Waals surface area contributed by atoms with Gasteiger partial charge in [0.25, 0.3) is 5.91 Å². The Bertz CT molecular complexity index is 641. The standard InChI is InChI=1S/C16H19N3O2/c1-11-7-8-14(20)15(18-11)19-16(21)13-6-4-3-5-12(13)9-10-17-2/h3-8,17,20H,9-10H2,1-2H3,(H,18,19,21). The van der Waals surface area contributed by atoms with Gasteiger partial charge in [0, 0.05) is 11.3 Å². The second-order valence-corrected chi connectivity index (χ2v) is 4.79. The van der Waals surface area contributed by atoms with Gasteiger partial charge >= 0.3 is 0 Å². The van der Waals surface area contributed by atoms with Crippen molar-refractivity contribution in [2.45, 2.75) is 13.3 Å². The first kappa shape index (κ1) is 15.0. The van der Waals surface area contributed by atoms with Gasteiger partial charge in [-0.15, -0.1) is 0 Å². The second kappa shape index (κ2) is 6.85. The molecule has 1 heterocycles. The normalized spacial score (nSPS) is 10.4.